The SMILES string of the molecule is C=COCCCNCc1cc(C)cc(C)c1. The number of ether oxygens (including phenoxy) is 1. The molecule has 0 aliphatic carbocycles. The quantitative estimate of drug-likeness (QED) is 0.562. The van der Waals surface area contributed by atoms with Crippen molar-refractivity contribution in [2.24, 2.45) is 0 Å². The van der Waals surface area contributed by atoms with E-state index in [9.17, 15) is 0 Å². The van der Waals surface area contributed by atoms with Crippen LogP contribution >= 0.6 is 0 Å². The summed E-state index contributed by atoms with van der Waals surface area (Å²) in [6, 6.07) is 6.64. The lowest BCUT2D eigenvalue weighted by atomic mass is 10.1. The first-order valence-corrected chi connectivity index (χ1v) is 5.73. The highest BCUT2D eigenvalue weighted by molar-refractivity contribution is 5.28. The average Bonchev–Trinajstić information content (AvgIpc) is 2.22. The summed E-state index contributed by atoms with van der Waals surface area (Å²) in [5.41, 5.74) is 4.00. The molecule has 0 atom stereocenters. The van der Waals surface area contributed by atoms with Crippen molar-refractivity contribution in [3.05, 3.63) is 47.7 Å². The van der Waals surface area contributed by atoms with Gasteiger partial charge in [-0.15, -0.1) is 0 Å². The molecule has 88 valence electrons. The lowest BCUT2D eigenvalue weighted by molar-refractivity contribution is 0.244. The van der Waals surface area contributed by atoms with E-state index < -0.39 is 0 Å². The Bertz CT molecular complexity index is 313. The Hall–Kier alpha value is -1.28. The summed E-state index contributed by atoms with van der Waals surface area (Å²) in [6.07, 6.45) is 2.50. The fourth-order valence-electron chi connectivity index (χ4n) is 1.77. The molecule has 0 spiro atoms. The molecule has 2 nitrogen and oxygen atoms in total. The van der Waals surface area contributed by atoms with Gasteiger partial charge in [-0.1, -0.05) is 35.9 Å². The van der Waals surface area contributed by atoms with Gasteiger partial charge in [0.1, 0.15) is 0 Å². The number of nitrogens with one attached hydrogen (secondary N) is 1. The van der Waals surface area contributed by atoms with E-state index >= 15 is 0 Å². The highest BCUT2D eigenvalue weighted by Crippen LogP contribution is 2.08. The van der Waals surface area contributed by atoms with Crippen LogP contribution in [0.2, 0.25) is 0 Å². The van der Waals surface area contributed by atoms with Crippen LogP contribution in [0.5, 0.6) is 0 Å². The van der Waals surface area contributed by atoms with Gasteiger partial charge in [0, 0.05) is 6.54 Å². The fourth-order valence-corrected chi connectivity index (χ4v) is 1.77. The summed E-state index contributed by atoms with van der Waals surface area (Å²) in [7, 11) is 0. The van der Waals surface area contributed by atoms with Crippen LogP contribution < -0.4 is 5.32 Å². The van der Waals surface area contributed by atoms with Crippen LogP contribution in [0.15, 0.2) is 31.0 Å². The molecule has 0 aromatic heterocycles. The zero-order valence-electron chi connectivity index (χ0n) is 10.3. The van der Waals surface area contributed by atoms with Gasteiger partial charge in [-0.25, -0.2) is 0 Å². The molecule has 0 fully saturated rings. The maximum atomic E-state index is 5.05. The van der Waals surface area contributed by atoms with Crippen molar-refractivity contribution < 1.29 is 4.74 Å². The van der Waals surface area contributed by atoms with Gasteiger partial charge in [-0.3, -0.25) is 0 Å². The molecule has 0 aliphatic heterocycles. The highest BCUT2D eigenvalue weighted by Gasteiger charge is 1.95. The van der Waals surface area contributed by atoms with Crippen molar-refractivity contribution in [2.75, 3.05) is 13.2 Å². The van der Waals surface area contributed by atoms with Gasteiger partial charge in [-0.05, 0) is 32.4 Å². The van der Waals surface area contributed by atoms with E-state index in [-0.39, 0.29) is 0 Å². The number of hydrogen-bond donors (Lipinski definition) is 1. The second kappa shape index (κ2) is 7.07. The molecule has 0 saturated heterocycles. The third-order valence-corrected chi connectivity index (χ3v) is 2.34. The van der Waals surface area contributed by atoms with Crippen molar-refractivity contribution >= 4 is 0 Å². The van der Waals surface area contributed by atoms with Crippen LogP contribution in [0.1, 0.15) is 23.1 Å². The van der Waals surface area contributed by atoms with Crippen molar-refractivity contribution in [1.29, 1.82) is 0 Å². The van der Waals surface area contributed by atoms with Crippen LogP contribution in [-0.2, 0) is 11.3 Å². The molecule has 1 rings (SSSR count). The number of benzene rings is 1. The van der Waals surface area contributed by atoms with Crippen molar-refractivity contribution in [1.82, 2.24) is 5.32 Å². The zero-order chi connectivity index (χ0) is 11.8. The molecule has 0 aliphatic rings. The van der Waals surface area contributed by atoms with E-state index in [1.54, 1.807) is 0 Å². The second-order valence-electron chi connectivity index (χ2n) is 4.06. The standard InChI is InChI=1S/C14H21NO/c1-4-16-7-5-6-15-11-14-9-12(2)8-13(3)10-14/h4,8-10,15H,1,5-7,11H2,2-3H3. The molecular formula is C14H21NO. The Labute approximate surface area is 98.3 Å². The Morgan fingerprint density at radius 3 is 2.56 bits per heavy atom. The lowest BCUT2D eigenvalue weighted by Crippen LogP contribution is -2.16. The fraction of sp³-hybridized carbons (Fsp3) is 0.429. The van der Waals surface area contributed by atoms with Gasteiger partial charge in [0.05, 0.1) is 12.9 Å². The number of hydrogen-bond acceptors (Lipinski definition) is 2. The van der Waals surface area contributed by atoms with E-state index in [4.69, 9.17) is 4.74 Å². The van der Waals surface area contributed by atoms with Crippen molar-refractivity contribution in [3.63, 3.8) is 0 Å². The van der Waals surface area contributed by atoms with Crippen molar-refractivity contribution in [3.8, 4) is 0 Å². The molecule has 1 aromatic carbocycles. The van der Waals surface area contributed by atoms with Gasteiger partial charge >= 0.3 is 0 Å². The number of aryl methyl sites for hydroxylation is 2. The molecule has 0 unspecified atom stereocenters. The molecule has 0 saturated carbocycles. The molecule has 0 amide bonds. The van der Waals surface area contributed by atoms with Gasteiger partial charge in [0.2, 0.25) is 0 Å². The Morgan fingerprint density at radius 1 is 1.25 bits per heavy atom. The van der Waals surface area contributed by atoms with Gasteiger partial charge < -0.3 is 10.1 Å². The van der Waals surface area contributed by atoms with E-state index in [2.05, 4.69) is 43.9 Å². The van der Waals surface area contributed by atoms with Gasteiger partial charge in [0.25, 0.3) is 0 Å². The van der Waals surface area contributed by atoms with Crippen LogP contribution in [0.4, 0.5) is 0 Å². The van der Waals surface area contributed by atoms with Crippen molar-refractivity contribution in [2.45, 2.75) is 26.8 Å². The van der Waals surface area contributed by atoms with Crippen LogP contribution in [0, 0.1) is 13.8 Å². The lowest BCUT2D eigenvalue weighted by Gasteiger charge is -2.07. The minimum Gasteiger partial charge on any atom is -0.502 e. The largest absolute Gasteiger partial charge is 0.502 e. The molecule has 2 heteroatoms. The summed E-state index contributed by atoms with van der Waals surface area (Å²) < 4.78 is 5.05. The molecule has 16 heavy (non-hydrogen) atoms. The minimum atomic E-state index is 0.739. The molecule has 0 bridgehead atoms. The van der Waals surface area contributed by atoms with E-state index in [1.807, 2.05) is 0 Å². The molecule has 0 heterocycles. The maximum absolute atomic E-state index is 5.05. The average molecular weight is 219 g/mol. The highest BCUT2D eigenvalue weighted by atomic mass is 16.5. The summed E-state index contributed by atoms with van der Waals surface area (Å²) in [4.78, 5) is 0. The molecule has 1 N–H and O–H groups in total. The second-order valence-corrected chi connectivity index (χ2v) is 4.06. The molecule has 0 radical (unpaired) electrons. The smallest absolute Gasteiger partial charge is 0.0885 e. The normalized spacial score (nSPS) is 10.1. The predicted octanol–water partition coefficient (Wildman–Crippen LogP) is 2.94. The minimum absolute atomic E-state index is 0.739. The summed E-state index contributed by atoms with van der Waals surface area (Å²) in [5, 5.41) is 3.40. The zero-order valence-corrected chi connectivity index (χ0v) is 10.3. The summed E-state index contributed by atoms with van der Waals surface area (Å²) in [6.45, 7) is 10.4. The third kappa shape index (κ3) is 4.99. The summed E-state index contributed by atoms with van der Waals surface area (Å²) in [5.74, 6) is 0. The first-order valence-electron chi connectivity index (χ1n) is 5.73. The van der Waals surface area contributed by atoms with Crippen LogP contribution in [0.25, 0.3) is 0 Å². The Kier molecular flexibility index (Phi) is 5.65. The van der Waals surface area contributed by atoms with E-state index in [0.29, 0.717) is 0 Å². The first kappa shape index (κ1) is 12.8. The monoisotopic (exact) mass is 219 g/mol. The van der Waals surface area contributed by atoms with Gasteiger partial charge in [-0.2, -0.15) is 0 Å². The molecule has 1 aromatic rings. The Morgan fingerprint density at radius 2 is 1.94 bits per heavy atom. The maximum Gasteiger partial charge on any atom is 0.0885 e. The number of rotatable bonds is 7. The topological polar surface area (TPSA) is 21.3 Å². The Balaban J connectivity index is 2.23. The molecular weight excluding hydrogens is 198 g/mol. The third-order valence-electron chi connectivity index (χ3n) is 2.34. The van der Waals surface area contributed by atoms with E-state index in [1.165, 1.54) is 23.0 Å². The summed E-state index contributed by atoms with van der Waals surface area (Å²) >= 11 is 0. The van der Waals surface area contributed by atoms with Crippen LogP contribution in [-0.4, -0.2) is 13.2 Å². The predicted molar refractivity (Wildman–Crippen MR) is 68.4 cm³/mol. The van der Waals surface area contributed by atoms with Crippen LogP contribution in [0.3, 0.4) is 0 Å². The van der Waals surface area contributed by atoms with E-state index in [0.717, 1.165) is 26.1 Å². The first-order chi connectivity index (χ1) is 7.72. The van der Waals surface area contributed by atoms with Gasteiger partial charge in [0.15, 0.2) is 0 Å².